The van der Waals surface area contributed by atoms with E-state index in [4.69, 9.17) is 0 Å². The van der Waals surface area contributed by atoms with Crippen molar-refractivity contribution in [2.45, 2.75) is 25.8 Å². The molecule has 18 heavy (non-hydrogen) atoms. The summed E-state index contributed by atoms with van der Waals surface area (Å²) in [4.78, 5) is 14.4. The highest BCUT2D eigenvalue weighted by Gasteiger charge is 2.23. The molecule has 0 radical (unpaired) electrons. The standard InChI is InChI=1S/C14H19BrN2O/c1-2-17-8-4-7-13(17)10-16-14(18)11-5-3-6-12(15)9-11/h3,5-6,9,13H,2,4,7-8,10H2,1H3,(H,16,18). The predicted molar refractivity (Wildman–Crippen MR) is 76.7 cm³/mol. The molecule has 2 rings (SSSR count). The molecule has 1 N–H and O–H groups in total. The molecule has 0 aromatic heterocycles. The number of halogens is 1. The van der Waals surface area contributed by atoms with Crippen LogP contribution in [0.4, 0.5) is 0 Å². The van der Waals surface area contributed by atoms with E-state index in [9.17, 15) is 4.79 Å². The van der Waals surface area contributed by atoms with Gasteiger partial charge in [-0.2, -0.15) is 0 Å². The number of amides is 1. The van der Waals surface area contributed by atoms with Crippen molar-refractivity contribution in [1.82, 2.24) is 10.2 Å². The molecule has 1 aromatic rings. The second kappa shape index (κ2) is 6.34. The normalized spacial score (nSPS) is 20.0. The number of nitrogens with zero attached hydrogens (tertiary/aromatic N) is 1. The highest BCUT2D eigenvalue weighted by molar-refractivity contribution is 9.10. The number of hydrogen-bond acceptors (Lipinski definition) is 2. The average molecular weight is 311 g/mol. The predicted octanol–water partition coefficient (Wildman–Crippen LogP) is 2.66. The highest BCUT2D eigenvalue weighted by atomic mass is 79.9. The maximum Gasteiger partial charge on any atom is 0.251 e. The Morgan fingerprint density at radius 3 is 3.11 bits per heavy atom. The van der Waals surface area contributed by atoms with Gasteiger partial charge in [0.15, 0.2) is 0 Å². The topological polar surface area (TPSA) is 32.3 Å². The molecule has 4 heteroatoms. The lowest BCUT2D eigenvalue weighted by Gasteiger charge is -2.22. The summed E-state index contributed by atoms with van der Waals surface area (Å²) in [6.07, 6.45) is 2.43. The second-order valence-electron chi connectivity index (χ2n) is 4.65. The van der Waals surface area contributed by atoms with Gasteiger partial charge in [-0.15, -0.1) is 0 Å². The smallest absolute Gasteiger partial charge is 0.251 e. The van der Waals surface area contributed by atoms with E-state index in [1.54, 1.807) is 0 Å². The molecule has 1 heterocycles. The van der Waals surface area contributed by atoms with Crippen LogP contribution in [0.25, 0.3) is 0 Å². The van der Waals surface area contributed by atoms with Crippen LogP contribution in [0.2, 0.25) is 0 Å². The van der Waals surface area contributed by atoms with Crippen molar-refractivity contribution in [3.05, 3.63) is 34.3 Å². The first-order valence-corrected chi connectivity index (χ1v) is 7.28. The Labute approximate surface area is 117 Å². The molecule has 1 aliphatic rings. The third-order valence-corrected chi connectivity index (χ3v) is 3.98. The van der Waals surface area contributed by atoms with Crippen LogP contribution in [-0.2, 0) is 0 Å². The molecule has 1 fully saturated rings. The molecular weight excluding hydrogens is 292 g/mol. The Balaban J connectivity index is 1.88. The van der Waals surface area contributed by atoms with Crippen molar-refractivity contribution in [3.8, 4) is 0 Å². The third kappa shape index (κ3) is 3.33. The van der Waals surface area contributed by atoms with Gasteiger partial charge >= 0.3 is 0 Å². The summed E-state index contributed by atoms with van der Waals surface area (Å²) in [6.45, 7) is 5.15. The Morgan fingerprint density at radius 2 is 2.39 bits per heavy atom. The SMILES string of the molecule is CCN1CCCC1CNC(=O)c1cccc(Br)c1. The van der Waals surface area contributed by atoms with E-state index in [-0.39, 0.29) is 5.91 Å². The molecular formula is C14H19BrN2O. The monoisotopic (exact) mass is 310 g/mol. The zero-order valence-corrected chi connectivity index (χ0v) is 12.2. The lowest BCUT2D eigenvalue weighted by Crippen LogP contribution is -2.40. The van der Waals surface area contributed by atoms with Crippen LogP contribution in [0.5, 0.6) is 0 Å². The van der Waals surface area contributed by atoms with E-state index in [1.165, 1.54) is 12.8 Å². The van der Waals surface area contributed by atoms with Gasteiger partial charge in [0.1, 0.15) is 0 Å². The Morgan fingerprint density at radius 1 is 1.56 bits per heavy atom. The summed E-state index contributed by atoms with van der Waals surface area (Å²) in [5.74, 6) is 0.0132. The summed E-state index contributed by atoms with van der Waals surface area (Å²) in [7, 11) is 0. The van der Waals surface area contributed by atoms with Crippen molar-refractivity contribution < 1.29 is 4.79 Å². The molecule has 0 saturated carbocycles. The fraction of sp³-hybridized carbons (Fsp3) is 0.500. The summed E-state index contributed by atoms with van der Waals surface area (Å²) >= 11 is 3.38. The van der Waals surface area contributed by atoms with E-state index in [1.807, 2.05) is 24.3 Å². The van der Waals surface area contributed by atoms with Crippen LogP contribution in [-0.4, -0.2) is 36.5 Å². The molecule has 0 spiro atoms. The van der Waals surface area contributed by atoms with E-state index in [2.05, 4.69) is 33.1 Å². The van der Waals surface area contributed by atoms with E-state index < -0.39 is 0 Å². The van der Waals surface area contributed by atoms with Crippen LogP contribution in [0.1, 0.15) is 30.1 Å². The van der Waals surface area contributed by atoms with Crippen molar-refractivity contribution >= 4 is 21.8 Å². The maximum absolute atomic E-state index is 12.0. The third-order valence-electron chi connectivity index (χ3n) is 3.49. The molecule has 3 nitrogen and oxygen atoms in total. The largest absolute Gasteiger partial charge is 0.350 e. The zero-order valence-electron chi connectivity index (χ0n) is 10.7. The number of carbonyl (C=O) groups excluding carboxylic acids is 1. The zero-order chi connectivity index (χ0) is 13.0. The molecule has 1 saturated heterocycles. The molecule has 1 aliphatic heterocycles. The number of benzene rings is 1. The van der Waals surface area contributed by atoms with Gasteiger partial charge in [-0.1, -0.05) is 28.9 Å². The summed E-state index contributed by atoms with van der Waals surface area (Å²) in [5, 5.41) is 3.03. The van der Waals surface area contributed by atoms with Gasteiger partial charge in [0, 0.05) is 22.6 Å². The van der Waals surface area contributed by atoms with Crippen LogP contribution >= 0.6 is 15.9 Å². The Bertz CT molecular complexity index is 422. The lowest BCUT2D eigenvalue weighted by molar-refractivity contribution is 0.0941. The van der Waals surface area contributed by atoms with Crippen molar-refractivity contribution in [2.24, 2.45) is 0 Å². The fourth-order valence-electron chi connectivity index (χ4n) is 2.48. The molecule has 1 aromatic carbocycles. The highest BCUT2D eigenvalue weighted by Crippen LogP contribution is 2.16. The number of hydrogen-bond donors (Lipinski definition) is 1. The Hall–Kier alpha value is -0.870. The van der Waals surface area contributed by atoms with Crippen molar-refractivity contribution in [3.63, 3.8) is 0 Å². The summed E-state index contributed by atoms with van der Waals surface area (Å²) in [6, 6.07) is 8.00. The second-order valence-corrected chi connectivity index (χ2v) is 5.56. The van der Waals surface area contributed by atoms with Crippen LogP contribution in [0.3, 0.4) is 0 Å². The van der Waals surface area contributed by atoms with E-state index >= 15 is 0 Å². The van der Waals surface area contributed by atoms with Crippen LogP contribution in [0.15, 0.2) is 28.7 Å². The van der Waals surface area contributed by atoms with Gasteiger partial charge < -0.3 is 5.32 Å². The number of rotatable bonds is 4. The van der Waals surface area contributed by atoms with E-state index in [0.717, 1.165) is 24.1 Å². The Kier molecular flexibility index (Phi) is 4.78. The van der Waals surface area contributed by atoms with Gasteiger partial charge in [-0.3, -0.25) is 9.69 Å². The maximum atomic E-state index is 12.0. The number of likely N-dealkylation sites (tertiary alicyclic amines) is 1. The molecule has 1 atom stereocenters. The van der Waals surface area contributed by atoms with Crippen LogP contribution < -0.4 is 5.32 Å². The number of likely N-dealkylation sites (N-methyl/N-ethyl adjacent to an activating group) is 1. The molecule has 0 bridgehead atoms. The minimum atomic E-state index is 0.0132. The van der Waals surface area contributed by atoms with Gasteiger partial charge in [0.25, 0.3) is 5.91 Å². The van der Waals surface area contributed by atoms with Gasteiger partial charge in [-0.05, 0) is 44.1 Å². The number of carbonyl (C=O) groups is 1. The summed E-state index contributed by atoms with van der Waals surface area (Å²) in [5.41, 5.74) is 0.713. The quantitative estimate of drug-likeness (QED) is 0.927. The van der Waals surface area contributed by atoms with Crippen LogP contribution in [0, 0.1) is 0 Å². The lowest BCUT2D eigenvalue weighted by atomic mass is 10.2. The van der Waals surface area contributed by atoms with Crippen molar-refractivity contribution in [2.75, 3.05) is 19.6 Å². The fourth-order valence-corrected chi connectivity index (χ4v) is 2.88. The van der Waals surface area contributed by atoms with Gasteiger partial charge in [0.05, 0.1) is 0 Å². The number of nitrogens with one attached hydrogen (secondary N) is 1. The molecule has 0 aliphatic carbocycles. The molecule has 1 unspecified atom stereocenters. The molecule has 98 valence electrons. The average Bonchev–Trinajstić information content (AvgIpc) is 2.83. The molecule has 1 amide bonds. The first kappa shape index (κ1) is 13.6. The van der Waals surface area contributed by atoms with Gasteiger partial charge in [0.2, 0.25) is 0 Å². The minimum Gasteiger partial charge on any atom is -0.350 e. The first-order chi connectivity index (χ1) is 8.70. The van der Waals surface area contributed by atoms with Gasteiger partial charge in [-0.25, -0.2) is 0 Å². The first-order valence-electron chi connectivity index (χ1n) is 6.48. The van der Waals surface area contributed by atoms with Crippen molar-refractivity contribution in [1.29, 1.82) is 0 Å². The summed E-state index contributed by atoms with van der Waals surface area (Å²) < 4.78 is 0.936. The minimum absolute atomic E-state index is 0.0132. The van der Waals surface area contributed by atoms with E-state index in [0.29, 0.717) is 11.6 Å².